The first-order valence-corrected chi connectivity index (χ1v) is 9.40. The van der Waals surface area contributed by atoms with Gasteiger partial charge in [-0.2, -0.15) is 13.2 Å². The van der Waals surface area contributed by atoms with Gasteiger partial charge in [-0.15, -0.1) is 0 Å². The van der Waals surface area contributed by atoms with Crippen LogP contribution in [-0.4, -0.2) is 41.0 Å². The van der Waals surface area contributed by atoms with Gasteiger partial charge in [-0.05, 0) is 36.8 Å². The minimum atomic E-state index is -5.08. The number of halogens is 6. The number of rotatable bonds is 3. The monoisotopic (exact) mass is 462 g/mol. The highest BCUT2D eigenvalue weighted by molar-refractivity contribution is 6.30. The Hall–Kier alpha value is -2.95. The Kier molecular flexibility index (Phi) is 6.35. The molecule has 2 aromatic rings. The molecule has 2 atom stereocenters. The van der Waals surface area contributed by atoms with Gasteiger partial charge in [0.05, 0.1) is 16.8 Å². The lowest BCUT2D eigenvalue weighted by Gasteiger charge is -2.34. The van der Waals surface area contributed by atoms with E-state index in [-0.39, 0.29) is 29.4 Å². The van der Waals surface area contributed by atoms with Crippen molar-refractivity contribution in [3.8, 4) is 0 Å². The van der Waals surface area contributed by atoms with Gasteiger partial charge in [0.2, 0.25) is 5.91 Å². The zero-order valence-electron chi connectivity index (χ0n) is 15.9. The number of hydrogen-bond donors (Lipinski definition) is 2. The van der Waals surface area contributed by atoms with Crippen molar-refractivity contribution >= 4 is 23.5 Å². The second-order valence-corrected chi connectivity index (χ2v) is 7.19. The summed E-state index contributed by atoms with van der Waals surface area (Å²) in [6.45, 7) is 1.80. The quantitative estimate of drug-likeness (QED) is 0.684. The Morgan fingerprint density at radius 1 is 1.26 bits per heavy atom. The molecule has 1 aromatic carbocycles. The highest BCUT2D eigenvalue weighted by Crippen LogP contribution is 2.32. The second kappa shape index (κ2) is 8.66. The summed E-state index contributed by atoms with van der Waals surface area (Å²) in [6, 6.07) is 1.89. The number of aromatic nitrogens is 1. The molecule has 0 aliphatic carbocycles. The van der Waals surface area contributed by atoms with Gasteiger partial charge in [0, 0.05) is 13.1 Å². The van der Waals surface area contributed by atoms with Crippen molar-refractivity contribution in [2.24, 2.45) is 0 Å². The predicted octanol–water partition coefficient (Wildman–Crippen LogP) is 3.65. The van der Waals surface area contributed by atoms with Gasteiger partial charge in [0.1, 0.15) is 11.9 Å². The molecule has 3 rings (SSSR count). The molecule has 3 amide bonds. The van der Waals surface area contributed by atoms with E-state index < -0.39 is 47.5 Å². The molecule has 2 N–H and O–H groups in total. The normalized spacial score (nSPS) is 17.8. The number of carbonyl (C=O) groups excluding carboxylic acids is 2. The maximum Gasteiger partial charge on any atom is 0.436 e. The first kappa shape index (κ1) is 22.7. The van der Waals surface area contributed by atoms with Crippen LogP contribution in [0.5, 0.6) is 0 Å². The van der Waals surface area contributed by atoms with Gasteiger partial charge in [0.15, 0.2) is 11.5 Å². The van der Waals surface area contributed by atoms with E-state index >= 15 is 0 Å². The third kappa shape index (κ3) is 4.87. The van der Waals surface area contributed by atoms with Crippen molar-refractivity contribution in [3.05, 3.63) is 63.9 Å². The Morgan fingerprint density at radius 2 is 1.97 bits per heavy atom. The van der Waals surface area contributed by atoms with Crippen LogP contribution in [0.4, 0.5) is 26.7 Å². The number of amides is 3. The van der Waals surface area contributed by atoms with E-state index in [1.807, 2.05) is 0 Å². The lowest BCUT2D eigenvalue weighted by Crippen LogP contribution is -2.58. The minimum absolute atomic E-state index is 0.0246. The van der Waals surface area contributed by atoms with Gasteiger partial charge in [0.25, 0.3) is 0 Å². The maximum atomic E-state index is 14.0. The van der Waals surface area contributed by atoms with E-state index in [2.05, 4.69) is 15.6 Å². The Balaban J connectivity index is 2.03. The highest BCUT2D eigenvalue weighted by atomic mass is 35.5. The summed E-state index contributed by atoms with van der Waals surface area (Å²) >= 11 is 5.67. The van der Waals surface area contributed by atoms with E-state index in [1.165, 1.54) is 17.9 Å². The SMILES string of the molecule is C[C@@H]1C(=O)NCCN1C(=O)NC(c1ccc(Cl)c(F)c1)c1ccc(F)c(C(F)(F)F)n1. The molecular formula is C19H16ClF5N4O2. The molecule has 12 heteroatoms. The van der Waals surface area contributed by atoms with Crippen LogP contribution >= 0.6 is 11.6 Å². The molecule has 0 radical (unpaired) electrons. The van der Waals surface area contributed by atoms with Crippen molar-refractivity contribution in [1.82, 2.24) is 20.5 Å². The molecule has 0 saturated carbocycles. The Labute approximate surface area is 178 Å². The van der Waals surface area contributed by atoms with Crippen molar-refractivity contribution in [2.75, 3.05) is 13.1 Å². The fourth-order valence-corrected chi connectivity index (χ4v) is 3.22. The van der Waals surface area contributed by atoms with Gasteiger partial charge in [-0.25, -0.2) is 18.6 Å². The Bertz CT molecular complexity index is 1020. The van der Waals surface area contributed by atoms with Crippen molar-refractivity contribution in [1.29, 1.82) is 0 Å². The van der Waals surface area contributed by atoms with E-state index in [1.54, 1.807) is 0 Å². The van der Waals surface area contributed by atoms with E-state index in [4.69, 9.17) is 11.6 Å². The standard InChI is InChI=1S/C19H16ClF5N4O2/c1-9-17(30)26-6-7-29(9)18(31)28-15(10-2-3-11(20)13(22)8-10)14-5-4-12(21)16(27-14)19(23,24)25/h2-5,8-9,15H,6-7H2,1H3,(H,26,30)(H,28,31)/t9-,15?/m1/s1. The van der Waals surface area contributed by atoms with Gasteiger partial charge in [-0.1, -0.05) is 17.7 Å². The summed E-state index contributed by atoms with van der Waals surface area (Å²) in [4.78, 5) is 29.1. The van der Waals surface area contributed by atoms with Crippen LogP contribution in [-0.2, 0) is 11.0 Å². The third-order valence-electron chi connectivity index (χ3n) is 4.74. The summed E-state index contributed by atoms with van der Waals surface area (Å²) in [5.74, 6) is -2.87. The predicted molar refractivity (Wildman–Crippen MR) is 100 cm³/mol. The molecule has 0 spiro atoms. The maximum absolute atomic E-state index is 14.0. The number of piperazine rings is 1. The van der Waals surface area contributed by atoms with Crippen LogP contribution in [0.1, 0.15) is 29.9 Å². The number of alkyl halides is 3. The number of pyridine rings is 1. The summed E-state index contributed by atoms with van der Waals surface area (Å²) in [7, 11) is 0. The number of nitrogens with one attached hydrogen (secondary N) is 2. The van der Waals surface area contributed by atoms with Gasteiger partial charge in [-0.3, -0.25) is 4.79 Å². The summed E-state index contributed by atoms with van der Waals surface area (Å²) < 4.78 is 67.1. The van der Waals surface area contributed by atoms with E-state index in [0.717, 1.165) is 18.2 Å². The van der Waals surface area contributed by atoms with E-state index in [0.29, 0.717) is 6.07 Å². The van der Waals surface area contributed by atoms with Crippen LogP contribution in [0.2, 0.25) is 5.02 Å². The zero-order valence-corrected chi connectivity index (χ0v) is 16.7. The van der Waals surface area contributed by atoms with Crippen LogP contribution in [0, 0.1) is 11.6 Å². The average Bonchev–Trinajstić information content (AvgIpc) is 2.70. The first-order valence-electron chi connectivity index (χ1n) is 9.02. The number of carbonyl (C=O) groups is 2. The van der Waals surface area contributed by atoms with Gasteiger partial charge >= 0.3 is 12.2 Å². The van der Waals surface area contributed by atoms with Gasteiger partial charge < -0.3 is 15.5 Å². The molecule has 1 aromatic heterocycles. The van der Waals surface area contributed by atoms with Crippen LogP contribution < -0.4 is 10.6 Å². The molecule has 2 heterocycles. The molecule has 6 nitrogen and oxygen atoms in total. The number of hydrogen-bond acceptors (Lipinski definition) is 3. The molecular weight excluding hydrogens is 447 g/mol. The topological polar surface area (TPSA) is 74.3 Å². The summed E-state index contributed by atoms with van der Waals surface area (Å²) in [6.07, 6.45) is -5.08. The zero-order chi connectivity index (χ0) is 22.9. The first-order chi connectivity index (χ1) is 14.5. The fourth-order valence-electron chi connectivity index (χ4n) is 3.10. The molecule has 0 bridgehead atoms. The van der Waals surface area contributed by atoms with Crippen molar-refractivity contribution < 1.29 is 31.5 Å². The molecule has 1 saturated heterocycles. The molecule has 1 aliphatic heterocycles. The molecule has 1 aliphatic rings. The fraction of sp³-hybridized carbons (Fsp3) is 0.316. The molecule has 1 fully saturated rings. The number of benzene rings is 1. The van der Waals surface area contributed by atoms with E-state index in [9.17, 15) is 31.5 Å². The Morgan fingerprint density at radius 3 is 2.61 bits per heavy atom. The largest absolute Gasteiger partial charge is 0.436 e. The minimum Gasteiger partial charge on any atom is -0.353 e. The summed E-state index contributed by atoms with van der Waals surface area (Å²) in [5.41, 5.74) is -2.13. The lowest BCUT2D eigenvalue weighted by atomic mass is 10.0. The smallest absolute Gasteiger partial charge is 0.353 e. The average molecular weight is 463 g/mol. The van der Waals surface area contributed by atoms with Crippen molar-refractivity contribution in [2.45, 2.75) is 25.2 Å². The number of nitrogens with zero attached hydrogens (tertiary/aromatic N) is 2. The summed E-state index contributed by atoms with van der Waals surface area (Å²) in [5, 5.41) is 4.80. The van der Waals surface area contributed by atoms with Crippen LogP contribution in [0.25, 0.3) is 0 Å². The number of urea groups is 1. The highest BCUT2D eigenvalue weighted by Gasteiger charge is 2.38. The third-order valence-corrected chi connectivity index (χ3v) is 5.04. The van der Waals surface area contributed by atoms with Crippen molar-refractivity contribution in [3.63, 3.8) is 0 Å². The molecule has 1 unspecified atom stereocenters. The molecule has 166 valence electrons. The van der Waals surface area contributed by atoms with Crippen LogP contribution in [0.3, 0.4) is 0 Å². The molecule has 31 heavy (non-hydrogen) atoms. The second-order valence-electron chi connectivity index (χ2n) is 6.78. The lowest BCUT2D eigenvalue weighted by molar-refractivity contribution is -0.143. The van der Waals surface area contributed by atoms with Crippen LogP contribution in [0.15, 0.2) is 30.3 Å².